The normalized spacial score (nSPS) is 23.6. The first-order valence-corrected chi connectivity index (χ1v) is 6.70. The number of amides is 2. The number of nitrogens with zero attached hydrogens (tertiary/aromatic N) is 1. The number of hydrogen-bond donors (Lipinski definition) is 3. The van der Waals surface area contributed by atoms with Crippen LogP contribution >= 0.6 is 0 Å². The quantitative estimate of drug-likeness (QED) is 0.705. The molecule has 112 valence electrons. The van der Waals surface area contributed by atoms with Crippen LogP contribution in [0.25, 0.3) is 0 Å². The maximum Gasteiger partial charge on any atom is 0.257 e. The average molecular weight is 293 g/mol. The Balaban J connectivity index is 2.06. The molecule has 1 aromatic rings. The molecule has 1 fully saturated rings. The van der Waals surface area contributed by atoms with Crippen molar-refractivity contribution in [3.05, 3.63) is 23.5 Å². The predicted molar refractivity (Wildman–Crippen MR) is 74.4 cm³/mol. The number of carbonyl (C=O) groups is 2. The Hall–Kier alpha value is -2.15. The van der Waals surface area contributed by atoms with E-state index < -0.39 is 23.4 Å². The van der Waals surface area contributed by atoms with Crippen LogP contribution in [0.3, 0.4) is 0 Å². The number of hydrogen-bond acceptors (Lipinski definition) is 4. The summed E-state index contributed by atoms with van der Waals surface area (Å²) in [5.41, 5.74) is -0.0524. The van der Waals surface area contributed by atoms with Gasteiger partial charge in [0.15, 0.2) is 6.10 Å². The topological polar surface area (TPSA) is 81.7 Å². The van der Waals surface area contributed by atoms with Crippen molar-refractivity contribution in [2.75, 3.05) is 23.3 Å². The van der Waals surface area contributed by atoms with E-state index in [4.69, 9.17) is 0 Å². The van der Waals surface area contributed by atoms with Crippen molar-refractivity contribution in [1.29, 1.82) is 0 Å². The summed E-state index contributed by atoms with van der Waals surface area (Å²) in [7, 11) is 0. The van der Waals surface area contributed by atoms with Gasteiger partial charge in [0, 0.05) is 24.3 Å². The van der Waals surface area contributed by atoms with E-state index in [0.29, 0.717) is 18.8 Å². The molecule has 21 heavy (non-hydrogen) atoms. The minimum atomic E-state index is -1.35. The number of nitrogens with one attached hydrogen (secondary N) is 2. The van der Waals surface area contributed by atoms with E-state index in [9.17, 15) is 19.1 Å². The van der Waals surface area contributed by atoms with Gasteiger partial charge >= 0.3 is 0 Å². The maximum absolute atomic E-state index is 14.4. The number of anilines is 2. The van der Waals surface area contributed by atoms with Crippen LogP contribution in [0.2, 0.25) is 0 Å². The Morgan fingerprint density at radius 1 is 1.38 bits per heavy atom. The van der Waals surface area contributed by atoms with E-state index in [1.807, 2.05) is 0 Å². The van der Waals surface area contributed by atoms with E-state index in [2.05, 4.69) is 10.6 Å². The predicted octanol–water partition coefficient (Wildman–Crippen LogP) is 0.526. The minimum Gasteiger partial charge on any atom is -0.378 e. The molecule has 0 saturated carbocycles. The highest BCUT2D eigenvalue weighted by Crippen LogP contribution is 2.38. The number of halogens is 1. The SMILES string of the molecule is CC1(C)C(=O)NCCN1c1cc2c(cc1F)C(O)C(=O)N2. The molecule has 6 nitrogen and oxygen atoms in total. The van der Waals surface area contributed by atoms with Crippen LogP contribution in [-0.4, -0.2) is 35.5 Å². The number of fused-ring (bicyclic) bond motifs is 1. The lowest BCUT2D eigenvalue weighted by Crippen LogP contribution is -2.62. The third-order valence-electron chi connectivity index (χ3n) is 4.06. The van der Waals surface area contributed by atoms with Gasteiger partial charge in [-0.15, -0.1) is 0 Å². The van der Waals surface area contributed by atoms with E-state index in [0.717, 1.165) is 6.07 Å². The summed E-state index contributed by atoms with van der Waals surface area (Å²) in [5, 5.41) is 14.9. The Kier molecular flexibility index (Phi) is 2.91. The monoisotopic (exact) mass is 293 g/mol. The van der Waals surface area contributed by atoms with Crippen molar-refractivity contribution in [2.24, 2.45) is 0 Å². The number of carbonyl (C=O) groups excluding carboxylic acids is 2. The van der Waals surface area contributed by atoms with Crippen molar-refractivity contribution < 1.29 is 19.1 Å². The van der Waals surface area contributed by atoms with Gasteiger partial charge in [0.1, 0.15) is 11.4 Å². The van der Waals surface area contributed by atoms with Crippen LogP contribution in [-0.2, 0) is 9.59 Å². The summed E-state index contributed by atoms with van der Waals surface area (Å²) in [6.07, 6.45) is -1.35. The molecule has 0 aromatic heterocycles. The molecule has 3 rings (SSSR count). The highest BCUT2D eigenvalue weighted by molar-refractivity contribution is 6.02. The lowest BCUT2D eigenvalue weighted by Gasteiger charge is -2.43. The van der Waals surface area contributed by atoms with Crippen molar-refractivity contribution in [1.82, 2.24) is 5.32 Å². The third kappa shape index (κ3) is 1.96. The third-order valence-corrected chi connectivity index (χ3v) is 4.06. The van der Waals surface area contributed by atoms with Crippen LogP contribution in [0.15, 0.2) is 12.1 Å². The first-order valence-electron chi connectivity index (χ1n) is 6.70. The molecule has 2 aliphatic rings. The van der Waals surface area contributed by atoms with Gasteiger partial charge in [-0.2, -0.15) is 0 Å². The summed E-state index contributed by atoms with van der Waals surface area (Å²) >= 11 is 0. The zero-order valence-corrected chi connectivity index (χ0v) is 11.7. The molecule has 0 radical (unpaired) electrons. The fourth-order valence-electron chi connectivity index (χ4n) is 2.78. The van der Waals surface area contributed by atoms with Gasteiger partial charge in [-0.25, -0.2) is 4.39 Å². The fourth-order valence-corrected chi connectivity index (χ4v) is 2.78. The lowest BCUT2D eigenvalue weighted by atomic mass is 9.97. The van der Waals surface area contributed by atoms with Crippen LogP contribution in [0.4, 0.5) is 15.8 Å². The summed E-state index contributed by atoms with van der Waals surface area (Å²) in [6, 6.07) is 2.62. The molecule has 1 saturated heterocycles. The van der Waals surface area contributed by atoms with Crippen LogP contribution in [0.1, 0.15) is 25.5 Å². The molecule has 1 atom stereocenters. The Labute approximate surface area is 120 Å². The van der Waals surface area contributed by atoms with Gasteiger partial charge in [-0.1, -0.05) is 0 Å². The smallest absolute Gasteiger partial charge is 0.257 e. The molecule has 1 aromatic carbocycles. The fraction of sp³-hybridized carbons (Fsp3) is 0.429. The van der Waals surface area contributed by atoms with Crippen LogP contribution in [0, 0.1) is 5.82 Å². The van der Waals surface area contributed by atoms with Gasteiger partial charge in [0.25, 0.3) is 5.91 Å². The van der Waals surface area contributed by atoms with Gasteiger partial charge in [0.05, 0.1) is 5.69 Å². The summed E-state index contributed by atoms with van der Waals surface area (Å²) in [4.78, 5) is 25.1. The number of rotatable bonds is 1. The van der Waals surface area contributed by atoms with E-state index in [1.165, 1.54) is 6.07 Å². The van der Waals surface area contributed by atoms with Crippen LogP contribution < -0.4 is 15.5 Å². The Bertz CT molecular complexity index is 645. The van der Waals surface area contributed by atoms with Gasteiger partial charge in [0.2, 0.25) is 5.91 Å². The second-order valence-corrected chi connectivity index (χ2v) is 5.75. The van der Waals surface area contributed by atoms with E-state index in [-0.39, 0.29) is 17.2 Å². The first-order chi connectivity index (χ1) is 9.82. The molecule has 2 heterocycles. The van der Waals surface area contributed by atoms with E-state index in [1.54, 1.807) is 18.7 Å². The summed E-state index contributed by atoms with van der Waals surface area (Å²) in [6.45, 7) is 4.31. The zero-order chi connectivity index (χ0) is 15.4. The van der Waals surface area contributed by atoms with E-state index >= 15 is 0 Å². The zero-order valence-electron chi connectivity index (χ0n) is 11.7. The maximum atomic E-state index is 14.4. The second-order valence-electron chi connectivity index (χ2n) is 5.75. The van der Waals surface area contributed by atoms with Gasteiger partial charge in [-0.05, 0) is 26.0 Å². The Morgan fingerprint density at radius 3 is 2.81 bits per heavy atom. The molecule has 2 aliphatic heterocycles. The molecule has 0 aliphatic carbocycles. The van der Waals surface area contributed by atoms with Gasteiger partial charge in [-0.3, -0.25) is 9.59 Å². The molecule has 0 bridgehead atoms. The Morgan fingerprint density at radius 2 is 2.10 bits per heavy atom. The number of piperazine rings is 1. The molecule has 7 heteroatoms. The van der Waals surface area contributed by atoms with Crippen molar-refractivity contribution in [3.63, 3.8) is 0 Å². The molecular weight excluding hydrogens is 277 g/mol. The average Bonchev–Trinajstić information content (AvgIpc) is 2.68. The lowest BCUT2D eigenvalue weighted by molar-refractivity contribution is -0.126. The molecule has 0 spiro atoms. The molecule has 2 amide bonds. The number of aliphatic hydroxyl groups is 1. The minimum absolute atomic E-state index is 0.183. The second kappa shape index (κ2) is 4.42. The highest BCUT2D eigenvalue weighted by Gasteiger charge is 2.40. The molecule has 3 N–H and O–H groups in total. The highest BCUT2D eigenvalue weighted by atomic mass is 19.1. The largest absolute Gasteiger partial charge is 0.378 e. The van der Waals surface area contributed by atoms with Crippen LogP contribution in [0.5, 0.6) is 0 Å². The van der Waals surface area contributed by atoms with Gasteiger partial charge < -0.3 is 20.6 Å². The molecular formula is C14H16FN3O3. The van der Waals surface area contributed by atoms with Crippen molar-refractivity contribution in [3.8, 4) is 0 Å². The number of aliphatic hydroxyl groups excluding tert-OH is 1. The van der Waals surface area contributed by atoms with Crippen molar-refractivity contribution >= 4 is 23.2 Å². The first kappa shape index (κ1) is 13.8. The number of benzene rings is 1. The molecule has 1 unspecified atom stereocenters. The summed E-state index contributed by atoms with van der Waals surface area (Å²) in [5.74, 6) is -1.32. The standard InChI is InChI=1S/C14H16FN3O3/c1-14(2)13(21)16-3-4-18(14)10-6-9-7(5-8(10)15)11(19)12(20)17-9/h5-6,11,19H,3-4H2,1-2H3,(H,16,21)(H,17,20). The van der Waals surface area contributed by atoms with Crippen molar-refractivity contribution in [2.45, 2.75) is 25.5 Å². The summed E-state index contributed by atoms with van der Waals surface area (Å²) < 4.78 is 14.4.